The summed E-state index contributed by atoms with van der Waals surface area (Å²) in [6, 6.07) is 8.66. The van der Waals surface area contributed by atoms with Gasteiger partial charge in [-0.1, -0.05) is 29.8 Å². The van der Waals surface area contributed by atoms with E-state index in [9.17, 15) is 0 Å². The molecule has 4 heteroatoms. The number of aromatic amines is 1. The SMILES string of the molecule is CC1CC(NCc2[nH]c3ccccc3c2Cl)CCO1. The number of hydrogen-bond donors (Lipinski definition) is 2. The Kier molecular flexibility index (Phi) is 3.78. The standard InChI is InChI=1S/C15H19ClN2O/c1-10-8-11(6-7-19-10)17-9-14-15(16)12-4-2-3-5-13(12)18-14/h2-5,10-11,17-18H,6-9H2,1H3. The van der Waals surface area contributed by atoms with Gasteiger partial charge < -0.3 is 15.0 Å². The van der Waals surface area contributed by atoms with Crippen LogP contribution in [0.3, 0.4) is 0 Å². The van der Waals surface area contributed by atoms with E-state index in [2.05, 4.69) is 23.3 Å². The molecule has 2 unspecified atom stereocenters. The minimum Gasteiger partial charge on any atom is -0.378 e. The molecule has 2 heterocycles. The maximum atomic E-state index is 6.41. The Bertz CT molecular complexity index is 566. The van der Waals surface area contributed by atoms with Crippen molar-refractivity contribution in [2.45, 2.75) is 38.5 Å². The summed E-state index contributed by atoms with van der Waals surface area (Å²) in [6.07, 6.45) is 2.49. The first kappa shape index (κ1) is 13.0. The van der Waals surface area contributed by atoms with Crippen LogP contribution in [-0.4, -0.2) is 23.7 Å². The number of nitrogens with one attached hydrogen (secondary N) is 2. The molecular weight excluding hydrogens is 260 g/mol. The second kappa shape index (κ2) is 5.53. The van der Waals surface area contributed by atoms with Crippen LogP contribution in [0.5, 0.6) is 0 Å². The lowest BCUT2D eigenvalue weighted by Gasteiger charge is -2.28. The lowest BCUT2D eigenvalue weighted by molar-refractivity contribution is 0.0130. The smallest absolute Gasteiger partial charge is 0.0705 e. The van der Waals surface area contributed by atoms with Gasteiger partial charge in [0.2, 0.25) is 0 Å². The molecular formula is C15H19ClN2O. The molecule has 0 bridgehead atoms. The molecule has 3 nitrogen and oxygen atoms in total. The molecule has 19 heavy (non-hydrogen) atoms. The van der Waals surface area contributed by atoms with Gasteiger partial charge in [0, 0.05) is 35.8 Å². The number of rotatable bonds is 3. The fraction of sp³-hybridized carbons (Fsp3) is 0.467. The molecule has 102 valence electrons. The van der Waals surface area contributed by atoms with Gasteiger partial charge in [-0.25, -0.2) is 0 Å². The summed E-state index contributed by atoms with van der Waals surface area (Å²) in [4.78, 5) is 3.39. The molecule has 2 atom stereocenters. The molecule has 2 N–H and O–H groups in total. The molecule has 0 spiro atoms. The van der Waals surface area contributed by atoms with Crippen LogP contribution in [0.1, 0.15) is 25.5 Å². The average Bonchev–Trinajstić information content (AvgIpc) is 2.74. The Morgan fingerprint density at radius 2 is 2.26 bits per heavy atom. The minimum atomic E-state index is 0.351. The Morgan fingerprint density at radius 1 is 1.42 bits per heavy atom. The lowest BCUT2D eigenvalue weighted by atomic mass is 10.0. The Balaban J connectivity index is 1.69. The first-order chi connectivity index (χ1) is 9.24. The zero-order valence-electron chi connectivity index (χ0n) is 11.1. The van der Waals surface area contributed by atoms with Gasteiger partial charge in [-0.05, 0) is 25.8 Å². The van der Waals surface area contributed by atoms with Crippen molar-refractivity contribution in [3.63, 3.8) is 0 Å². The number of ether oxygens (including phenoxy) is 1. The Labute approximate surface area is 118 Å². The van der Waals surface area contributed by atoms with E-state index < -0.39 is 0 Å². The fourth-order valence-electron chi connectivity index (χ4n) is 2.72. The van der Waals surface area contributed by atoms with Gasteiger partial charge >= 0.3 is 0 Å². The third-order valence-corrected chi connectivity index (χ3v) is 4.20. The van der Waals surface area contributed by atoms with Crippen LogP contribution in [0.25, 0.3) is 10.9 Å². The van der Waals surface area contributed by atoms with E-state index in [1.54, 1.807) is 0 Å². The molecule has 0 saturated carbocycles. The second-order valence-electron chi connectivity index (χ2n) is 5.25. The van der Waals surface area contributed by atoms with Gasteiger partial charge in [-0.15, -0.1) is 0 Å². The summed E-state index contributed by atoms with van der Waals surface area (Å²) in [7, 11) is 0. The number of hydrogen-bond acceptors (Lipinski definition) is 2. The number of aromatic nitrogens is 1. The van der Waals surface area contributed by atoms with Crippen LogP contribution < -0.4 is 5.32 Å². The Hall–Kier alpha value is -1.03. The highest BCUT2D eigenvalue weighted by Gasteiger charge is 2.19. The topological polar surface area (TPSA) is 37.0 Å². The molecule has 1 aromatic heterocycles. The van der Waals surface area contributed by atoms with Gasteiger partial charge in [0.1, 0.15) is 0 Å². The van der Waals surface area contributed by atoms with Gasteiger partial charge in [-0.2, -0.15) is 0 Å². The van der Waals surface area contributed by atoms with Crippen LogP contribution in [0.15, 0.2) is 24.3 Å². The summed E-state index contributed by atoms with van der Waals surface area (Å²) in [5.41, 5.74) is 2.17. The second-order valence-corrected chi connectivity index (χ2v) is 5.62. The molecule has 1 aromatic carbocycles. The molecule has 1 aliphatic heterocycles. The van der Waals surface area contributed by atoms with E-state index in [0.717, 1.165) is 47.6 Å². The van der Waals surface area contributed by atoms with E-state index in [4.69, 9.17) is 16.3 Å². The molecule has 3 rings (SSSR count). The number of H-pyrrole nitrogens is 1. The van der Waals surface area contributed by atoms with E-state index in [-0.39, 0.29) is 0 Å². The Morgan fingerprint density at radius 3 is 3.05 bits per heavy atom. The quantitative estimate of drug-likeness (QED) is 0.902. The highest BCUT2D eigenvalue weighted by Crippen LogP contribution is 2.27. The number of benzene rings is 1. The van der Waals surface area contributed by atoms with Gasteiger partial charge in [-0.3, -0.25) is 0 Å². The van der Waals surface area contributed by atoms with Gasteiger partial charge in [0.15, 0.2) is 0 Å². The highest BCUT2D eigenvalue weighted by molar-refractivity contribution is 6.36. The number of fused-ring (bicyclic) bond motifs is 1. The van der Waals surface area contributed by atoms with Crippen LogP contribution in [0.4, 0.5) is 0 Å². The normalized spacial score (nSPS) is 23.9. The van der Waals surface area contributed by atoms with Crippen molar-refractivity contribution in [3.05, 3.63) is 35.0 Å². The maximum absolute atomic E-state index is 6.41. The van der Waals surface area contributed by atoms with Crippen molar-refractivity contribution in [3.8, 4) is 0 Å². The maximum Gasteiger partial charge on any atom is 0.0705 e. The highest BCUT2D eigenvalue weighted by atomic mass is 35.5. The van der Waals surface area contributed by atoms with E-state index in [0.29, 0.717) is 12.1 Å². The zero-order chi connectivity index (χ0) is 13.2. The van der Waals surface area contributed by atoms with Crippen LogP contribution in [-0.2, 0) is 11.3 Å². The fourth-order valence-corrected chi connectivity index (χ4v) is 2.99. The largest absolute Gasteiger partial charge is 0.378 e. The van der Waals surface area contributed by atoms with E-state index in [1.807, 2.05) is 18.2 Å². The third-order valence-electron chi connectivity index (χ3n) is 3.77. The molecule has 1 saturated heterocycles. The predicted molar refractivity (Wildman–Crippen MR) is 78.6 cm³/mol. The van der Waals surface area contributed by atoms with Crippen molar-refractivity contribution in [2.75, 3.05) is 6.61 Å². The van der Waals surface area contributed by atoms with Crippen molar-refractivity contribution < 1.29 is 4.74 Å². The van der Waals surface area contributed by atoms with Crippen molar-refractivity contribution in [1.82, 2.24) is 10.3 Å². The average molecular weight is 279 g/mol. The lowest BCUT2D eigenvalue weighted by Crippen LogP contribution is -2.37. The minimum absolute atomic E-state index is 0.351. The number of halogens is 1. The van der Waals surface area contributed by atoms with E-state index >= 15 is 0 Å². The third kappa shape index (κ3) is 2.78. The van der Waals surface area contributed by atoms with Crippen molar-refractivity contribution in [1.29, 1.82) is 0 Å². The summed E-state index contributed by atoms with van der Waals surface area (Å²) >= 11 is 6.41. The summed E-state index contributed by atoms with van der Waals surface area (Å²) in [5, 5.41) is 5.51. The summed E-state index contributed by atoms with van der Waals surface area (Å²) in [6.45, 7) is 3.76. The molecule has 1 aliphatic rings. The van der Waals surface area contributed by atoms with Crippen LogP contribution in [0.2, 0.25) is 5.02 Å². The van der Waals surface area contributed by atoms with Crippen molar-refractivity contribution >= 4 is 22.5 Å². The first-order valence-electron chi connectivity index (χ1n) is 6.84. The summed E-state index contributed by atoms with van der Waals surface area (Å²) in [5.74, 6) is 0. The molecule has 0 aliphatic carbocycles. The summed E-state index contributed by atoms with van der Waals surface area (Å²) < 4.78 is 5.56. The van der Waals surface area contributed by atoms with Gasteiger partial charge in [0.05, 0.1) is 11.1 Å². The van der Waals surface area contributed by atoms with Crippen molar-refractivity contribution in [2.24, 2.45) is 0 Å². The zero-order valence-corrected chi connectivity index (χ0v) is 11.8. The van der Waals surface area contributed by atoms with Crippen LogP contribution in [0, 0.1) is 0 Å². The first-order valence-corrected chi connectivity index (χ1v) is 7.22. The number of para-hydroxylation sites is 1. The molecule has 1 fully saturated rings. The molecule has 0 amide bonds. The molecule has 0 radical (unpaired) electrons. The van der Waals surface area contributed by atoms with Crippen LogP contribution >= 0.6 is 11.6 Å². The molecule has 2 aromatic rings. The van der Waals surface area contributed by atoms with Gasteiger partial charge in [0.25, 0.3) is 0 Å². The monoisotopic (exact) mass is 278 g/mol. The predicted octanol–water partition coefficient (Wildman–Crippen LogP) is 3.48. The van der Waals surface area contributed by atoms with E-state index in [1.165, 1.54) is 0 Å².